The summed E-state index contributed by atoms with van der Waals surface area (Å²) in [4.78, 5) is 44.0. The van der Waals surface area contributed by atoms with Crippen LogP contribution >= 0.6 is 0 Å². The fourth-order valence-electron chi connectivity index (χ4n) is 6.28. The normalized spacial score (nSPS) is 18.5. The predicted molar refractivity (Wildman–Crippen MR) is 162 cm³/mol. The van der Waals surface area contributed by atoms with E-state index in [1.165, 1.54) is 25.7 Å². The lowest BCUT2D eigenvalue weighted by Crippen LogP contribution is -2.36. The second kappa shape index (κ2) is 10.6. The molecule has 10 nitrogen and oxygen atoms in total. The van der Waals surface area contributed by atoms with Crippen LogP contribution in [0.5, 0.6) is 11.5 Å². The minimum atomic E-state index is -0.568. The highest BCUT2D eigenvalue weighted by atomic mass is 16.6. The third-order valence-electron chi connectivity index (χ3n) is 8.43. The molecular formula is C33H36N6O4. The molecule has 43 heavy (non-hydrogen) atoms. The smallest absolute Gasteiger partial charge is 0.410 e. The average molecular weight is 581 g/mol. The zero-order chi connectivity index (χ0) is 29.7. The Labute approximate surface area is 250 Å². The number of ether oxygens (including phenoxy) is 2. The lowest BCUT2D eigenvalue weighted by molar-refractivity contribution is 0.0218. The number of anilines is 1. The number of rotatable bonds is 4. The lowest BCUT2D eigenvalue weighted by Gasteiger charge is -2.27. The Kier molecular flexibility index (Phi) is 6.71. The number of imidazole rings is 2. The van der Waals surface area contributed by atoms with Crippen molar-refractivity contribution in [2.45, 2.75) is 76.9 Å². The Morgan fingerprint density at radius 2 is 1.60 bits per heavy atom. The maximum atomic E-state index is 13.3. The number of aromatic nitrogens is 4. The SMILES string of the molecule is CC(C)(C)OC(=O)N1CCCC1c1ncc(-c2ccc3c(c2)C(=O)Nc2ccc(-c4cnc(C5CCCC5)[nH]4)cc2O3)[nH]1. The monoisotopic (exact) mass is 580 g/mol. The molecule has 1 aliphatic carbocycles. The zero-order valence-electron chi connectivity index (χ0n) is 24.7. The third kappa shape index (κ3) is 5.37. The summed E-state index contributed by atoms with van der Waals surface area (Å²) >= 11 is 0. The van der Waals surface area contributed by atoms with Crippen molar-refractivity contribution in [1.82, 2.24) is 24.8 Å². The van der Waals surface area contributed by atoms with Gasteiger partial charge in [0.05, 0.1) is 41.1 Å². The average Bonchev–Trinajstić information content (AvgIpc) is 3.78. The van der Waals surface area contributed by atoms with Crippen LogP contribution in [0.3, 0.4) is 0 Å². The van der Waals surface area contributed by atoms with E-state index in [1.54, 1.807) is 17.2 Å². The first-order valence-corrected chi connectivity index (χ1v) is 15.1. The minimum Gasteiger partial charge on any atom is -0.454 e. The number of aromatic amines is 2. The molecule has 4 heterocycles. The molecule has 2 aliphatic heterocycles. The summed E-state index contributed by atoms with van der Waals surface area (Å²) < 4.78 is 11.9. The number of carbonyl (C=O) groups excluding carboxylic acids is 2. The Balaban J connectivity index is 1.12. The molecule has 2 fully saturated rings. The highest BCUT2D eigenvalue weighted by molar-refractivity contribution is 6.08. The molecule has 3 aliphatic rings. The largest absolute Gasteiger partial charge is 0.454 e. The highest BCUT2D eigenvalue weighted by Gasteiger charge is 2.35. The van der Waals surface area contributed by atoms with Crippen LogP contribution in [0, 0.1) is 0 Å². The summed E-state index contributed by atoms with van der Waals surface area (Å²) in [5.41, 5.74) is 3.89. The van der Waals surface area contributed by atoms with Crippen molar-refractivity contribution in [3.8, 4) is 34.0 Å². The van der Waals surface area contributed by atoms with Gasteiger partial charge in [0.25, 0.3) is 5.91 Å². The van der Waals surface area contributed by atoms with Gasteiger partial charge >= 0.3 is 6.09 Å². The van der Waals surface area contributed by atoms with Gasteiger partial charge in [-0.2, -0.15) is 0 Å². The number of carbonyl (C=O) groups is 2. The van der Waals surface area contributed by atoms with Gasteiger partial charge in [-0.15, -0.1) is 0 Å². The van der Waals surface area contributed by atoms with Gasteiger partial charge < -0.3 is 24.8 Å². The number of nitrogens with one attached hydrogen (secondary N) is 3. The fraction of sp³-hybridized carbons (Fsp3) is 0.394. The van der Waals surface area contributed by atoms with Crippen LogP contribution in [0.1, 0.15) is 93.3 Å². The third-order valence-corrected chi connectivity index (χ3v) is 8.43. The summed E-state index contributed by atoms with van der Waals surface area (Å²) in [6.45, 7) is 6.21. The van der Waals surface area contributed by atoms with E-state index in [2.05, 4.69) is 25.3 Å². The molecule has 3 N–H and O–H groups in total. The number of amides is 2. The van der Waals surface area contributed by atoms with Gasteiger partial charge in [0.15, 0.2) is 5.75 Å². The molecule has 7 rings (SSSR count). The summed E-state index contributed by atoms with van der Waals surface area (Å²) in [5.74, 6) is 3.03. The molecule has 1 saturated carbocycles. The maximum absolute atomic E-state index is 13.3. The molecule has 0 radical (unpaired) electrons. The zero-order valence-corrected chi connectivity index (χ0v) is 24.7. The van der Waals surface area contributed by atoms with Crippen molar-refractivity contribution >= 4 is 17.7 Å². The predicted octanol–water partition coefficient (Wildman–Crippen LogP) is 7.55. The van der Waals surface area contributed by atoms with Crippen molar-refractivity contribution in [3.63, 3.8) is 0 Å². The van der Waals surface area contributed by atoms with Gasteiger partial charge in [-0.25, -0.2) is 14.8 Å². The van der Waals surface area contributed by atoms with Crippen LogP contribution in [0.15, 0.2) is 48.8 Å². The molecule has 0 spiro atoms. The van der Waals surface area contributed by atoms with E-state index in [1.807, 2.05) is 57.3 Å². The quantitative estimate of drug-likeness (QED) is 0.229. The minimum absolute atomic E-state index is 0.191. The summed E-state index contributed by atoms with van der Waals surface area (Å²) in [6, 6.07) is 11.1. The van der Waals surface area contributed by atoms with Crippen LogP contribution in [0.2, 0.25) is 0 Å². The van der Waals surface area contributed by atoms with Crippen molar-refractivity contribution in [1.29, 1.82) is 0 Å². The van der Waals surface area contributed by atoms with Gasteiger partial charge in [0, 0.05) is 23.6 Å². The summed E-state index contributed by atoms with van der Waals surface area (Å²) in [7, 11) is 0. The van der Waals surface area contributed by atoms with Gasteiger partial charge in [-0.3, -0.25) is 9.69 Å². The molecule has 1 atom stereocenters. The van der Waals surface area contributed by atoms with E-state index < -0.39 is 5.60 Å². The van der Waals surface area contributed by atoms with Gasteiger partial charge in [0.1, 0.15) is 23.0 Å². The fourth-order valence-corrected chi connectivity index (χ4v) is 6.28. The van der Waals surface area contributed by atoms with Gasteiger partial charge in [-0.05, 0) is 76.8 Å². The molecule has 4 aromatic rings. The molecule has 2 aromatic carbocycles. The first-order chi connectivity index (χ1) is 20.7. The Morgan fingerprint density at radius 1 is 0.907 bits per heavy atom. The van der Waals surface area contributed by atoms with Crippen molar-refractivity contribution in [3.05, 3.63) is 66.0 Å². The molecule has 1 unspecified atom stereocenters. The Hall–Kier alpha value is -4.60. The number of likely N-dealkylation sites (tertiary alicyclic amines) is 1. The van der Waals surface area contributed by atoms with Crippen LogP contribution < -0.4 is 10.1 Å². The molecular weight excluding hydrogens is 544 g/mol. The van der Waals surface area contributed by atoms with Crippen molar-refractivity contribution < 1.29 is 19.1 Å². The van der Waals surface area contributed by atoms with Crippen molar-refractivity contribution in [2.75, 3.05) is 11.9 Å². The first kappa shape index (κ1) is 27.2. The highest BCUT2D eigenvalue weighted by Crippen LogP contribution is 2.40. The Morgan fingerprint density at radius 3 is 2.37 bits per heavy atom. The molecule has 222 valence electrons. The molecule has 0 bridgehead atoms. The van der Waals surface area contributed by atoms with E-state index in [-0.39, 0.29) is 18.0 Å². The number of hydrogen-bond donors (Lipinski definition) is 3. The first-order valence-electron chi connectivity index (χ1n) is 15.1. The molecule has 1 saturated heterocycles. The van der Waals surface area contributed by atoms with E-state index in [9.17, 15) is 9.59 Å². The van der Waals surface area contributed by atoms with Crippen LogP contribution in [-0.4, -0.2) is 49.0 Å². The van der Waals surface area contributed by atoms with E-state index in [0.717, 1.165) is 41.2 Å². The van der Waals surface area contributed by atoms with E-state index in [4.69, 9.17) is 9.47 Å². The lowest BCUT2D eigenvalue weighted by atomic mass is 10.1. The van der Waals surface area contributed by atoms with Crippen LogP contribution in [-0.2, 0) is 4.74 Å². The second-order valence-corrected chi connectivity index (χ2v) is 12.7. The molecule has 2 aromatic heterocycles. The number of hydrogen-bond acceptors (Lipinski definition) is 6. The van der Waals surface area contributed by atoms with Gasteiger partial charge in [0.2, 0.25) is 0 Å². The second-order valence-electron chi connectivity index (χ2n) is 12.7. The topological polar surface area (TPSA) is 125 Å². The molecule has 10 heteroatoms. The van der Waals surface area contributed by atoms with Crippen LogP contribution in [0.4, 0.5) is 10.5 Å². The van der Waals surface area contributed by atoms with E-state index in [0.29, 0.717) is 41.0 Å². The number of fused-ring (bicyclic) bond motifs is 2. The maximum Gasteiger partial charge on any atom is 0.410 e. The standard InChI is InChI=1S/C33H36N6O4/c1-33(2,3)43-32(41)39-14-6-9-26(39)30-35-18-24(37-30)20-11-13-27-22(15-20)31(40)38-23-12-10-21(16-28(23)42-27)25-17-34-29(36-25)19-7-4-5-8-19/h10-13,15-19,26H,4-9,14H2,1-3H3,(H,34,36)(H,35,37)(H,38,40). The van der Waals surface area contributed by atoms with Crippen molar-refractivity contribution in [2.24, 2.45) is 0 Å². The molecule has 2 amide bonds. The summed E-state index contributed by atoms with van der Waals surface area (Å²) in [5, 5.41) is 3.00. The number of nitrogens with zero attached hydrogens (tertiary/aromatic N) is 3. The number of H-pyrrole nitrogens is 2. The van der Waals surface area contributed by atoms with E-state index >= 15 is 0 Å². The van der Waals surface area contributed by atoms with Crippen LogP contribution in [0.25, 0.3) is 22.5 Å². The Bertz CT molecular complexity index is 1690. The van der Waals surface area contributed by atoms with Gasteiger partial charge in [-0.1, -0.05) is 18.9 Å². The number of benzene rings is 2. The summed E-state index contributed by atoms with van der Waals surface area (Å²) in [6.07, 6.45) is 9.81.